The van der Waals surface area contributed by atoms with Crippen LogP contribution in [0.15, 0.2) is 36.4 Å². The number of halogens is 1. The molecule has 0 aliphatic heterocycles. The van der Waals surface area contributed by atoms with E-state index < -0.39 is 5.97 Å². The number of nitrogen functional groups attached to an aromatic ring is 1. The molecule has 0 unspecified atom stereocenters. The molecule has 0 radical (unpaired) electrons. The first-order valence-electron chi connectivity index (χ1n) is 6.48. The van der Waals surface area contributed by atoms with Crippen molar-refractivity contribution in [2.45, 2.75) is 13.5 Å². The van der Waals surface area contributed by atoms with E-state index in [-0.39, 0.29) is 5.82 Å². The fourth-order valence-electron chi connectivity index (χ4n) is 2.02. The zero-order valence-electron chi connectivity index (χ0n) is 11.9. The van der Waals surface area contributed by atoms with Crippen molar-refractivity contribution in [3.63, 3.8) is 0 Å². The van der Waals surface area contributed by atoms with E-state index in [0.717, 1.165) is 5.56 Å². The molecule has 0 aliphatic rings. The molecule has 2 aromatic rings. The molecule has 2 rings (SSSR count). The van der Waals surface area contributed by atoms with Crippen LogP contribution >= 0.6 is 0 Å². The molecule has 0 amide bonds. The lowest BCUT2D eigenvalue weighted by Gasteiger charge is -2.12. The molecule has 0 saturated heterocycles. The summed E-state index contributed by atoms with van der Waals surface area (Å²) in [6, 6.07) is 9.94. The Balaban J connectivity index is 2.23. The van der Waals surface area contributed by atoms with E-state index in [1.54, 1.807) is 31.2 Å². The number of ether oxygens (including phenoxy) is 1. The van der Waals surface area contributed by atoms with Gasteiger partial charge in [-0.15, -0.1) is 0 Å². The lowest BCUT2D eigenvalue weighted by Crippen LogP contribution is -2.09. The fourth-order valence-corrected chi connectivity index (χ4v) is 2.02. The Morgan fingerprint density at radius 3 is 2.71 bits per heavy atom. The van der Waals surface area contributed by atoms with Crippen molar-refractivity contribution in [3.05, 3.63) is 58.9 Å². The maximum Gasteiger partial charge on any atom is 0.340 e. The molecule has 2 aromatic carbocycles. The van der Waals surface area contributed by atoms with E-state index in [1.165, 1.54) is 13.2 Å². The number of nitrogens with two attached hydrogens (primary N) is 1. The number of nitrogens with one attached hydrogen (secondary N) is 1. The standard InChI is InChI=1S/C16H17FN2O2/c1-10-7-12(8-13(15(10)18)16(20)21-2)19-9-11-5-3-4-6-14(11)17/h3-8,19H,9,18H2,1-2H3. The van der Waals surface area contributed by atoms with Crippen LogP contribution in [0.3, 0.4) is 0 Å². The Hall–Kier alpha value is -2.56. The first-order valence-corrected chi connectivity index (χ1v) is 6.48. The van der Waals surface area contributed by atoms with Crippen molar-refractivity contribution in [2.24, 2.45) is 0 Å². The highest BCUT2D eigenvalue weighted by Gasteiger charge is 2.13. The largest absolute Gasteiger partial charge is 0.465 e. The van der Waals surface area contributed by atoms with E-state index >= 15 is 0 Å². The second-order valence-electron chi connectivity index (χ2n) is 4.69. The third-order valence-electron chi connectivity index (χ3n) is 3.23. The number of carbonyl (C=O) groups excluding carboxylic acids is 1. The van der Waals surface area contributed by atoms with Crippen LogP contribution in [0.4, 0.5) is 15.8 Å². The number of carbonyl (C=O) groups is 1. The van der Waals surface area contributed by atoms with Crippen LogP contribution in [0.25, 0.3) is 0 Å². The van der Waals surface area contributed by atoms with Gasteiger partial charge in [-0.05, 0) is 30.7 Å². The quantitative estimate of drug-likeness (QED) is 0.670. The van der Waals surface area contributed by atoms with Crippen LogP contribution < -0.4 is 11.1 Å². The third kappa shape index (κ3) is 3.31. The maximum absolute atomic E-state index is 13.6. The molecule has 0 atom stereocenters. The zero-order valence-corrected chi connectivity index (χ0v) is 11.9. The molecule has 110 valence electrons. The van der Waals surface area contributed by atoms with Crippen LogP contribution in [0.1, 0.15) is 21.5 Å². The Kier molecular flexibility index (Phi) is 4.42. The lowest BCUT2D eigenvalue weighted by atomic mass is 10.1. The number of rotatable bonds is 4. The summed E-state index contributed by atoms with van der Waals surface area (Å²) in [6.45, 7) is 2.12. The molecular formula is C16H17FN2O2. The number of benzene rings is 2. The Bertz CT molecular complexity index is 671. The van der Waals surface area contributed by atoms with Gasteiger partial charge in [0.15, 0.2) is 0 Å². The lowest BCUT2D eigenvalue weighted by molar-refractivity contribution is 0.0602. The second-order valence-corrected chi connectivity index (χ2v) is 4.69. The van der Waals surface area contributed by atoms with Crippen molar-refractivity contribution in [1.29, 1.82) is 0 Å². The third-order valence-corrected chi connectivity index (χ3v) is 3.23. The van der Waals surface area contributed by atoms with Crippen molar-refractivity contribution < 1.29 is 13.9 Å². The van der Waals surface area contributed by atoms with Crippen molar-refractivity contribution in [1.82, 2.24) is 0 Å². The summed E-state index contributed by atoms with van der Waals surface area (Å²) in [4.78, 5) is 11.7. The van der Waals surface area contributed by atoms with Crippen LogP contribution in [0, 0.1) is 12.7 Å². The summed E-state index contributed by atoms with van der Waals surface area (Å²) in [5.74, 6) is -0.768. The molecule has 0 aromatic heterocycles. The number of esters is 1. The van der Waals surface area contributed by atoms with Gasteiger partial charge in [0.1, 0.15) is 5.82 Å². The Morgan fingerprint density at radius 1 is 1.33 bits per heavy atom. The summed E-state index contributed by atoms with van der Waals surface area (Å²) < 4.78 is 18.3. The van der Waals surface area contributed by atoms with Gasteiger partial charge in [0.2, 0.25) is 0 Å². The monoisotopic (exact) mass is 288 g/mol. The summed E-state index contributed by atoms with van der Waals surface area (Å²) >= 11 is 0. The van der Waals surface area contributed by atoms with Gasteiger partial charge >= 0.3 is 5.97 Å². The van der Waals surface area contributed by atoms with Gasteiger partial charge in [0.25, 0.3) is 0 Å². The molecule has 3 N–H and O–H groups in total. The van der Waals surface area contributed by atoms with Crippen molar-refractivity contribution in [3.8, 4) is 0 Å². The zero-order chi connectivity index (χ0) is 15.4. The average molecular weight is 288 g/mol. The molecule has 0 aliphatic carbocycles. The maximum atomic E-state index is 13.6. The smallest absolute Gasteiger partial charge is 0.340 e. The molecule has 0 bridgehead atoms. The minimum absolute atomic E-state index is 0.273. The van der Waals surface area contributed by atoms with Gasteiger partial charge < -0.3 is 15.8 Å². The number of hydrogen-bond acceptors (Lipinski definition) is 4. The van der Waals surface area contributed by atoms with Crippen molar-refractivity contribution >= 4 is 17.3 Å². The van der Waals surface area contributed by atoms with E-state index in [9.17, 15) is 9.18 Å². The van der Waals surface area contributed by atoms with E-state index in [1.807, 2.05) is 6.07 Å². The topological polar surface area (TPSA) is 64.3 Å². The van der Waals surface area contributed by atoms with Gasteiger partial charge in [0, 0.05) is 23.5 Å². The number of anilines is 2. The Labute approximate surface area is 122 Å². The van der Waals surface area contributed by atoms with Crippen molar-refractivity contribution in [2.75, 3.05) is 18.2 Å². The summed E-state index contributed by atoms with van der Waals surface area (Å²) in [7, 11) is 1.30. The molecule has 4 nitrogen and oxygen atoms in total. The SMILES string of the molecule is COC(=O)c1cc(NCc2ccccc2F)cc(C)c1N. The minimum atomic E-state index is -0.495. The first kappa shape index (κ1) is 14.8. The number of aryl methyl sites for hydroxylation is 1. The molecule has 0 spiro atoms. The highest BCUT2D eigenvalue weighted by Crippen LogP contribution is 2.24. The molecule has 0 saturated carbocycles. The van der Waals surface area contributed by atoms with Crippen LogP contribution in [0.2, 0.25) is 0 Å². The van der Waals surface area contributed by atoms with Crippen LogP contribution in [0.5, 0.6) is 0 Å². The second kappa shape index (κ2) is 6.26. The van der Waals surface area contributed by atoms with Gasteiger partial charge in [-0.3, -0.25) is 0 Å². The highest BCUT2D eigenvalue weighted by atomic mass is 19.1. The molecule has 0 fully saturated rings. The molecule has 0 heterocycles. The number of hydrogen-bond donors (Lipinski definition) is 2. The minimum Gasteiger partial charge on any atom is -0.465 e. The van der Waals surface area contributed by atoms with Crippen LogP contribution in [-0.4, -0.2) is 13.1 Å². The predicted octanol–water partition coefficient (Wildman–Crippen LogP) is 3.12. The summed E-state index contributed by atoms with van der Waals surface area (Å²) in [6.07, 6.45) is 0. The molecule has 21 heavy (non-hydrogen) atoms. The Morgan fingerprint density at radius 2 is 2.05 bits per heavy atom. The van der Waals surface area contributed by atoms with E-state index in [0.29, 0.717) is 29.0 Å². The van der Waals surface area contributed by atoms with E-state index in [4.69, 9.17) is 10.5 Å². The fraction of sp³-hybridized carbons (Fsp3) is 0.188. The molecule has 5 heteroatoms. The summed E-state index contributed by atoms with van der Waals surface area (Å²) in [5, 5.41) is 3.09. The summed E-state index contributed by atoms with van der Waals surface area (Å²) in [5.41, 5.74) is 8.55. The van der Waals surface area contributed by atoms with Crippen LogP contribution in [-0.2, 0) is 11.3 Å². The van der Waals surface area contributed by atoms with E-state index in [2.05, 4.69) is 5.32 Å². The van der Waals surface area contributed by atoms with Gasteiger partial charge in [0.05, 0.1) is 12.7 Å². The molecular weight excluding hydrogens is 271 g/mol. The van der Waals surface area contributed by atoms with Gasteiger partial charge in [-0.25, -0.2) is 9.18 Å². The predicted molar refractivity (Wildman–Crippen MR) is 80.7 cm³/mol. The average Bonchev–Trinajstić information content (AvgIpc) is 2.48. The normalized spacial score (nSPS) is 10.2. The number of methoxy groups -OCH3 is 1. The first-order chi connectivity index (χ1) is 10.0. The van der Waals surface area contributed by atoms with Gasteiger partial charge in [-0.2, -0.15) is 0 Å². The highest BCUT2D eigenvalue weighted by molar-refractivity contribution is 5.97. The van der Waals surface area contributed by atoms with Gasteiger partial charge in [-0.1, -0.05) is 18.2 Å².